The molecule has 0 saturated carbocycles. The van der Waals surface area contributed by atoms with Crippen molar-refractivity contribution < 1.29 is 4.79 Å². The lowest BCUT2D eigenvalue weighted by atomic mass is 9.80. The largest absolute Gasteiger partial charge is 0.369 e. The fourth-order valence-corrected chi connectivity index (χ4v) is 5.07. The molecule has 1 N–H and O–H groups in total. The predicted octanol–water partition coefficient (Wildman–Crippen LogP) is 5.92. The third-order valence-corrected chi connectivity index (χ3v) is 7.24. The van der Waals surface area contributed by atoms with E-state index in [1.165, 1.54) is 34.1 Å². The van der Waals surface area contributed by atoms with E-state index in [4.69, 9.17) is 0 Å². The van der Waals surface area contributed by atoms with Crippen LogP contribution in [0.4, 0.5) is 11.4 Å². The minimum Gasteiger partial charge on any atom is -0.369 e. The number of amidine groups is 1. The van der Waals surface area contributed by atoms with E-state index in [2.05, 4.69) is 81.1 Å². The molecule has 1 atom stereocenters. The maximum absolute atomic E-state index is 12.5. The van der Waals surface area contributed by atoms with Crippen molar-refractivity contribution in [2.24, 2.45) is 4.99 Å². The minimum absolute atomic E-state index is 0.0911. The average Bonchev–Trinajstić information content (AvgIpc) is 3.01. The summed E-state index contributed by atoms with van der Waals surface area (Å²) in [5, 5.41) is 3.52. The zero-order chi connectivity index (χ0) is 21.6. The number of fused-ring (bicyclic) bond motifs is 1. The standard InChI is InChI=1S/C25H29N3OS/c1-15-7-9-19(11-16(15)2)26-24-27-23(29)22(30-24)13-18-8-10-21-20(12-18)17(3)14-25(4,5)28(21)6/h7-13,17H,14H2,1-6H3,(H,26,27,29)/b22-13-/t17-/m1/s1. The van der Waals surface area contributed by atoms with Gasteiger partial charge in [0, 0.05) is 18.3 Å². The molecule has 5 heteroatoms. The summed E-state index contributed by atoms with van der Waals surface area (Å²) < 4.78 is 0. The van der Waals surface area contributed by atoms with E-state index >= 15 is 0 Å². The molecule has 2 aliphatic heterocycles. The normalized spacial score (nSPS) is 23.1. The summed E-state index contributed by atoms with van der Waals surface area (Å²) in [4.78, 5) is 20.2. The Labute approximate surface area is 183 Å². The van der Waals surface area contributed by atoms with Crippen LogP contribution >= 0.6 is 11.8 Å². The number of anilines is 1. The summed E-state index contributed by atoms with van der Waals surface area (Å²) in [7, 11) is 2.17. The number of benzene rings is 2. The van der Waals surface area contributed by atoms with Crippen molar-refractivity contribution >= 4 is 40.3 Å². The van der Waals surface area contributed by atoms with Crippen LogP contribution in [0.5, 0.6) is 0 Å². The van der Waals surface area contributed by atoms with Gasteiger partial charge >= 0.3 is 0 Å². The zero-order valence-corrected chi connectivity index (χ0v) is 19.4. The number of hydrogen-bond donors (Lipinski definition) is 1. The van der Waals surface area contributed by atoms with Gasteiger partial charge in [-0.2, -0.15) is 0 Å². The smallest absolute Gasteiger partial charge is 0.264 e. The zero-order valence-electron chi connectivity index (χ0n) is 18.5. The number of amides is 1. The first-order chi connectivity index (χ1) is 14.1. The van der Waals surface area contributed by atoms with Crippen LogP contribution in [0.1, 0.15) is 55.4 Å². The first kappa shape index (κ1) is 20.7. The van der Waals surface area contributed by atoms with Crippen LogP contribution in [-0.2, 0) is 4.79 Å². The lowest BCUT2D eigenvalue weighted by Gasteiger charge is -2.45. The van der Waals surface area contributed by atoms with Gasteiger partial charge in [-0.15, -0.1) is 0 Å². The van der Waals surface area contributed by atoms with E-state index in [-0.39, 0.29) is 11.4 Å². The quantitative estimate of drug-likeness (QED) is 0.615. The van der Waals surface area contributed by atoms with E-state index in [0.717, 1.165) is 17.7 Å². The molecule has 4 nitrogen and oxygen atoms in total. The number of nitrogens with one attached hydrogen (secondary N) is 1. The topological polar surface area (TPSA) is 44.7 Å². The highest BCUT2D eigenvalue weighted by molar-refractivity contribution is 8.18. The molecule has 2 aromatic carbocycles. The summed E-state index contributed by atoms with van der Waals surface area (Å²) in [5.74, 6) is 0.392. The molecule has 2 aromatic rings. The van der Waals surface area contributed by atoms with Crippen LogP contribution in [0.25, 0.3) is 6.08 Å². The Morgan fingerprint density at radius 1 is 1.17 bits per heavy atom. The van der Waals surface area contributed by atoms with Crippen LogP contribution in [0, 0.1) is 13.8 Å². The Balaban J connectivity index is 1.60. The second-order valence-corrected chi connectivity index (χ2v) is 10.1. The van der Waals surface area contributed by atoms with Crippen molar-refractivity contribution in [3.05, 3.63) is 63.6 Å². The van der Waals surface area contributed by atoms with Gasteiger partial charge in [-0.1, -0.05) is 19.1 Å². The SMILES string of the molecule is Cc1ccc(N=C2NC(=O)/C(=C/c3ccc4c(c3)[C@H](C)CC(C)(C)N4C)S2)cc1C. The third-order valence-electron chi connectivity index (χ3n) is 6.33. The molecule has 1 saturated heterocycles. The second-order valence-electron chi connectivity index (χ2n) is 9.05. The van der Waals surface area contributed by atoms with Crippen LogP contribution in [0.3, 0.4) is 0 Å². The van der Waals surface area contributed by atoms with Gasteiger partial charge in [-0.05, 0) is 104 Å². The molecule has 0 bridgehead atoms. The first-order valence-electron chi connectivity index (χ1n) is 10.4. The summed E-state index contributed by atoms with van der Waals surface area (Å²) in [5.41, 5.74) is 7.11. The molecule has 0 aromatic heterocycles. The van der Waals surface area contributed by atoms with Gasteiger partial charge < -0.3 is 10.2 Å². The lowest BCUT2D eigenvalue weighted by molar-refractivity contribution is -0.115. The average molecular weight is 420 g/mol. The Kier molecular flexibility index (Phi) is 5.27. The molecule has 2 heterocycles. The number of thioether (sulfide) groups is 1. The molecular weight excluding hydrogens is 390 g/mol. The monoisotopic (exact) mass is 419 g/mol. The molecule has 30 heavy (non-hydrogen) atoms. The van der Waals surface area contributed by atoms with Gasteiger partial charge in [-0.3, -0.25) is 4.79 Å². The second kappa shape index (κ2) is 7.62. The molecule has 0 unspecified atom stereocenters. The van der Waals surface area contributed by atoms with E-state index in [0.29, 0.717) is 16.0 Å². The minimum atomic E-state index is -0.0911. The maximum Gasteiger partial charge on any atom is 0.264 e. The van der Waals surface area contributed by atoms with Gasteiger partial charge in [-0.25, -0.2) is 4.99 Å². The summed E-state index contributed by atoms with van der Waals surface area (Å²) in [6, 6.07) is 12.6. The molecule has 0 spiro atoms. The van der Waals surface area contributed by atoms with Crippen molar-refractivity contribution in [2.75, 3.05) is 11.9 Å². The van der Waals surface area contributed by atoms with Crippen LogP contribution in [-0.4, -0.2) is 23.7 Å². The number of carbonyl (C=O) groups excluding carboxylic acids is 1. The maximum atomic E-state index is 12.5. The van der Waals surface area contributed by atoms with Crippen molar-refractivity contribution in [1.82, 2.24) is 5.32 Å². The van der Waals surface area contributed by atoms with Gasteiger partial charge in [0.1, 0.15) is 0 Å². The van der Waals surface area contributed by atoms with Crippen molar-refractivity contribution in [1.29, 1.82) is 0 Å². The predicted molar refractivity (Wildman–Crippen MR) is 129 cm³/mol. The highest BCUT2D eigenvalue weighted by Crippen LogP contribution is 2.43. The van der Waals surface area contributed by atoms with Crippen LogP contribution < -0.4 is 10.2 Å². The van der Waals surface area contributed by atoms with Gasteiger partial charge in [0.15, 0.2) is 5.17 Å². The highest BCUT2D eigenvalue weighted by Gasteiger charge is 2.34. The third kappa shape index (κ3) is 3.91. The molecule has 156 valence electrons. The molecule has 0 radical (unpaired) electrons. The summed E-state index contributed by atoms with van der Waals surface area (Å²) in [6.45, 7) is 11.0. The number of carbonyl (C=O) groups is 1. The number of aliphatic imine (C=N–C) groups is 1. The fourth-order valence-electron chi connectivity index (χ4n) is 4.23. The number of hydrogen-bond acceptors (Lipinski definition) is 4. The molecule has 2 aliphatic rings. The van der Waals surface area contributed by atoms with Crippen molar-refractivity contribution in [3.8, 4) is 0 Å². The Morgan fingerprint density at radius 2 is 1.93 bits per heavy atom. The van der Waals surface area contributed by atoms with Gasteiger partial charge in [0.05, 0.1) is 10.6 Å². The van der Waals surface area contributed by atoms with Gasteiger partial charge in [0.2, 0.25) is 0 Å². The van der Waals surface area contributed by atoms with E-state index < -0.39 is 0 Å². The highest BCUT2D eigenvalue weighted by atomic mass is 32.2. The first-order valence-corrected chi connectivity index (χ1v) is 11.2. The molecule has 0 aliphatic carbocycles. The van der Waals surface area contributed by atoms with Gasteiger partial charge in [0.25, 0.3) is 5.91 Å². The Bertz CT molecular complexity index is 1080. The van der Waals surface area contributed by atoms with E-state index in [1.807, 2.05) is 18.2 Å². The molecule has 4 rings (SSSR count). The molecule has 1 amide bonds. The Morgan fingerprint density at radius 3 is 2.67 bits per heavy atom. The molecular formula is C25H29N3OS. The van der Waals surface area contributed by atoms with Crippen molar-refractivity contribution in [2.45, 2.75) is 52.5 Å². The lowest BCUT2D eigenvalue weighted by Crippen LogP contribution is -2.45. The fraction of sp³-hybridized carbons (Fsp3) is 0.360. The molecule has 1 fully saturated rings. The number of rotatable bonds is 2. The van der Waals surface area contributed by atoms with Crippen molar-refractivity contribution in [3.63, 3.8) is 0 Å². The van der Waals surface area contributed by atoms with E-state index in [1.54, 1.807) is 0 Å². The van der Waals surface area contributed by atoms with Crippen LogP contribution in [0.2, 0.25) is 0 Å². The van der Waals surface area contributed by atoms with E-state index in [9.17, 15) is 4.79 Å². The Hall–Kier alpha value is -2.53. The number of aryl methyl sites for hydroxylation is 2. The summed E-state index contributed by atoms with van der Waals surface area (Å²) >= 11 is 1.40. The number of nitrogens with zero attached hydrogens (tertiary/aromatic N) is 2. The summed E-state index contributed by atoms with van der Waals surface area (Å²) in [6.07, 6.45) is 3.08. The van der Waals surface area contributed by atoms with Crippen LogP contribution in [0.15, 0.2) is 46.3 Å².